The van der Waals surface area contributed by atoms with Crippen LogP contribution in [0.3, 0.4) is 0 Å². The Morgan fingerprint density at radius 2 is 1.96 bits per heavy atom. The van der Waals surface area contributed by atoms with Crippen LogP contribution < -0.4 is 5.32 Å². The fraction of sp³-hybridized carbons (Fsp3) is 0.316. The number of hydrogen-bond donors (Lipinski definition) is 1. The Balaban J connectivity index is 1.47. The molecule has 0 aliphatic heterocycles. The lowest BCUT2D eigenvalue weighted by atomic mass is 10.2. The number of nitrogens with zero attached hydrogens (tertiary/aromatic N) is 2. The number of nitrogens with one attached hydrogen (secondary N) is 1. The lowest BCUT2D eigenvalue weighted by Crippen LogP contribution is -2.22. The summed E-state index contributed by atoms with van der Waals surface area (Å²) in [4.78, 5) is 23.7. The van der Waals surface area contributed by atoms with Crippen LogP contribution in [-0.4, -0.2) is 28.3 Å². The van der Waals surface area contributed by atoms with Crippen molar-refractivity contribution >= 4 is 23.8 Å². The number of carbonyl (C=O) groups is 2. The Labute approximate surface area is 150 Å². The maximum atomic E-state index is 12.8. The van der Waals surface area contributed by atoms with Gasteiger partial charge in [0.2, 0.25) is 0 Å². The van der Waals surface area contributed by atoms with Crippen molar-refractivity contribution < 1.29 is 18.7 Å². The van der Waals surface area contributed by atoms with Gasteiger partial charge in [-0.1, -0.05) is 25.0 Å². The van der Waals surface area contributed by atoms with Gasteiger partial charge in [-0.15, -0.1) is 0 Å². The molecule has 1 amide bonds. The highest BCUT2D eigenvalue weighted by Crippen LogP contribution is 2.31. The largest absolute Gasteiger partial charge is 0.452 e. The summed E-state index contributed by atoms with van der Waals surface area (Å²) in [5, 5.41) is 6.99. The van der Waals surface area contributed by atoms with Gasteiger partial charge in [-0.3, -0.25) is 4.79 Å². The summed E-state index contributed by atoms with van der Waals surface area (Å²) in [5.41, 5.74) is 0.660. The van der Waals surface area contributed by atoms with Crippen molar-refractivity contribution in [3.63, 3.8) is 0 Å². The molecule has 6 nitrogen and oxygen atoms in total. The van der Waals surface area contributed by atoms with Crippen LogP contribution in [0.15, 0.2) is 42.6 Å². The molecule has 1 aliphatic rings. The summed E-state index contributed by atoms with van der Waals surface area (Å²) in [6.07, 6.45) is 8.76. The maximum Gasteiger partial charge on any atom is 0.331 e. The molecule has 1 fully saturated rings. The van der Waals surface area contributed by atoms with Crippen molar-refractivity contribution in [2.45, 2.75) is 31.7 Å². The molecule has 0 spiro atoms. The van der Waals surface area contributed by atoms with Gasteiger partial charge in [0, 0.05) is 12.1 Å². The SMILES string of the molecule is O=C(COC(=O)/C=C/c1ccc(F)cc1)Nc1ccnn1C1CCCC1. The standard InChI is InChI=1S/C19H20FN3O3/c20-15-8-5-14(6-9-15)7-10-19(25)26-13-18(24)22-17-11-12-21-23(17)16-3-1-2-4-16/h5-12,16H,1-4,13H2,(H,22,24)/b10-7+. The number of amides is 1. The molecule has 1 saturated carbocycles. The molecule has 1 aromatic carbocycles. The third-order valence-electron chi connectivity index (χ3n) is 4.24. The lowest BCUT2D eigenvalue weighted by molar-refractivity contribution is -0.142. The number of anilines is 1. The predicted octanol–water partition coefficient (Wildman–Crippen LogP) is 3.33. The number of benzene rings is 1. The summed E-state index contributed by atoms with van der Waals surface area (Å²) in [7, 11) is 0. The van der Waals surface area contributed by atoms with Crippen LogP contribution >= 0.6 is 0 Å². The van der Waals surface area contributed by atoms with Gasteiger partial charge in [0.1, 0.15) is 11.6 Å². The zero-order chi connectivity index (χ0) is 18.4. The Morgan fingerprint density at radius 3 is 2.69 bits per heavy atom. The van der Waals surface area contributed by atoms with Gasteiger partial charge < -0.3 is 10.1 Å². The summed E-state index contributed by atoms with van der Waals surface area (Å²) < 4.78 is 19.6. The number of rotatable bonds is 6. The molecule has 1 N–H and O–H groups in total. The number of hydrogen-bond acceptors (Lipinski definition) is 4. The van der Waals surface area contributed by atoms with E-state index in [-0.39, 0.29) is 12.4 Å². The minimum atomic E-state index is -0.645. The van der Waals surface area contributed by atoms with Gasteiger partial charge in [0.15, 0.2) is 6.61 Å². The van der Waals surface area contributed by atoms with E-state index in [1.54, 1.807) is 12.3 Å². The molecular weight excluding hydrogens is 337 g/mol. The van der Waals surface area contributed by atoms with E-state index in [1.807, 2.05) is 4.68 Å². The summed E-state index contributed by atoms with van der Waals surface area (Å²) in [6.45, 7) is -0.386. The van der Waals surface area contributed by atoms with Gasteiger partial charge in [-0.2, -0.15) is 5.10 Å². The van der Waals surface area contributed by atoms with E-state index >= 15 is 0 Å². The van der Waals surface area contributed by atoms with Crippen molar-refractivity contribution in [3.05, 3.63) is 54.0 Å². The van der Waals surface area contributed by atoms with E-state index in [0.29, 0.717) is 17.4 Å². The summed E-state index contributed by atoms with van der Waals surface area (Å²) in [6, 6.07) is 7.71. The third kappa shape index (κ3) is 4.78. The Kier molecular flexibility index (Phi) is 5.78. The van der Waals surface area contributed by atoms with E-state index in [1.165, 1.54) is 36.4 Å². The summed E-state index contributed by atoms with van der Waals surface area (Å²) in [5.74, 6) is -0.805. The van der Waals surface area contributed by atoms with Crippen molar-refractivity contribution in [1.82, 2.24) is 9.78 Å². The monoisotopic (exact) mass is 357 g/mol. The summed E-state index contributed by atoms with van der Waals surface area (Å²) >= 11 is 0. The van der Waals surface area contributed by atoms with Gasteiger partial charge in [0.05, 0.1) is 12.2 Å². The zero-order valence-corrected chi connectivity index (χ0v) is 14.2. The average Bonchev–Trinajstić information content (AvgIpc) is 3.31. The Hall–Kier alpha value is -2.96. The molecule has 0 unspecified atom stereocenters. The first-order valence-electron chi connectivity index (χ1n) is 8.55. The molecule has 1 heterocycles. The second-order valence-corrected chi connectivity index (χ2v) is 6.14. The molecule has 1 aromatic heterocycles. The smallest absolute Gasteiger partial charge is 0.331 e. The molecule has 136 valence electrons. The first-order valence-corrected chi connectivity index (χ1v) is 8.55. The van der Waals surface area contributed by atoms with Crippen LogP contribution in [0.1, 0.15) is 37.3 Å². The van der Waals surface area contributed by atoms with Crippen LogP contribution in [0.2, 0.25) is 0 Å². The van der Waals surface area contributed by atoms with Crippen molar-refractivity contribution in [3.8, 4) is 0 Å². The van der Waals surface area contributed by atoms with Crippen molar-refractivity contribution in [2.75, 3.05) is 11.9 Å². The van der Waals surface area contributed by atoms with Crippen LogP contribution in [0, 0.1) is 5.82 Å². The second kappa shape index (κ2) is 8.42. The predicted molar refractivity (Wildman–Crippen MR) is 94.8 cm³/mol. The van der Waals surface area contributed by atoms with E-state index < -0.39 is 11.9 Å². The number of carbonyl (C=O) groups excluding carboxylic acids is 2. The van der Waals surface area contributed by atoms with Crippen molar-refractivity contribution in [1.29, 1.82) is 0 Å². The quantitative estimate of drug-likeness (QED) is 0.636. The normalized spacial score (nSPS) is 14.7. The molecule has 2 aromatic rings. The van der Waals surface area contributed by atoms with Crippen LogP contribution in [0.5, 0.6) is 0 Å². The molecule has 3 rings (SSSR count). The van der Waals surface area contributed by atoms with Crippen LogP contribution in [0.4, 0.5) is 10.2 Å². The van der Waals surface area contributed by atoms with Gasteiger partial charge >= 0.3 is 5.97 Å². The molecule has 1 aliphatic carbocycles. The zero-order valence-electron chi connectivity index (χ0n) is 14.2. The molecule has 26 heavy (non-hydrogen) atoms. The highest BCUT2D eigenvalue weighted by atomic mass is 19.1. The molecule has 7 heteroatoms. The van der Waals surface area contributed by atoms with Gasteiger partial charge in [-0.25, -0.2) is 13.9 Å². The maximum absolute atomic E-state index is 12.8. The number of esters is 1. The minimum absolute atomic E-state index is 0.307. The van der Waals surface area contributed by atoms with E-state index in [2.05, 4.69) is 10.4 Å². The lowest BCUT2D eigenvalue weighted by Gasteiger charge is -2.14. The third-order valence-corrected chi connectivity index (χ3v) is 4.24. The molecular formula is C19H20FN3O3. The van der Waals surface area contributed by atoms with Gasteiger partial charge in [0.25, 0.3) is 5.91 Å². The molecule has 0 atom stereocenters. The highest BCUT2D eigenvalue weighted by molar-refractivity contribution is 5.94. The number of aromatic nitrogens is 2. The molecule has 0 saturated heterocycles. The number of halogens is 1. The molecule has 0 bridgehead atoms. The second-order valence-electron chi connectivity index (χ2n) is 6.14. The van der Waals surface area contributed by atoms with Crippen LogP contribution in [0.25, 0.3) is 6.08 Å². The minimum Gasteiger partial charge on any atom is -0.452 e. The number of ether oxygens (including phenoxy) is 1. The average molecular weight is 357 g/mol. The van der Waals surface area contributed by atoms with E-state index in [0.717, 1.165) is 25.7 Å². The van der Waals surface area contributed by atoms with E-state index in [4.69, 9.17) is 4.74 Å². The highest BCUT2D eigenvalue weighted by Gasteiger charge is 2.20. The first-order chi connectivity index (χ1) is 12.6. The fourth-order valence-corrected chi connectivity index (χ4v) is 2.95. The topological polar surface area (TPSA) is 73.2 Å². The van der Waals surface area contributed by atoms with Gasteiger partial charge in [-0.05, 0) is 36.6 Å². The molecule has 0 radical (unpaired) electrons. The van der Waals surface area contributed by atoms with Crippen molar-refractivity contribution in [2.24, 2.45) is 0 Å². The Bertz CT molecular complexity index is 793. The first kappa shape index (κ1) is 17.8. The Morgan fingerprint density at radius 1 is 1.23 bits per heavy atom. The van der Waals surface area contributed by atoms with Crippen LogP contribution in [-0.2, 0) is 14.3 Å². The fourth-order valence-electron chi connectivity index (χ4n) is 2.95. The van der Waals surface area contributed by atoms with E-state index in [9.17, 15) is 14.0 Å².